The minimum atomic E-state index is 0.232. The lowest BCUT2D eigenvalue weighted by atomic mass is 9.95. The van der Waals surface area contributed by atoms with E-state index in [0.29, 0.717) is 12.3 Å². The normalized spacial score (nSPS) is 16.2. The third-order valence-electron chi connectivity index (χ3n) is 5.32. The van der Waals surface area contributed by atoms with Crippen LogP contribution in [0.1, 0.15) is 46.9 Å². The number of hydrogen-bond acceptors (Lipinski definition) is 4. The standard InChI is InChI=1S/C21H24N4O/c1-16-5-7-17(8-6-16)19(26)11-15-24-13-9-18(10-14-24)21-23-22-20-4-2-3-12-25(20)21/h2-8,12,18H,9-11,13-15H2,1H3. The monoisotopic (exact) mass is 348 g/mol. The predicted molar refractivity (Wildman–Crippen MR) is 102 cm³/mol. The van der Waals surface area contributed by atoms with E-state index in [1.54, 1.807) is 0 Å². The number of fused-ring (bicyclic) bond motifs is 1. The van der Waals surface area contributed by atoms with Gasteiger partial charge in [-0.3, -0.25) is 9.20 Å². The van der Waals surface area contributed by atoms with Crippen LogP contribution in [0.15, 0.2) is 48.7 Å². The van der Waals surface area contributed by atoms with Crippen LogP contribution < -0.4 is 0 Å². The van der Waals surface area contributed by atoms with Gasteiger partial charge in [0.15, 0.2) is 11.4 Å². The zero-order valence-corrected chi connectivity index (χ0v) is 15.1. The molecule has 1 aliphatic rings. The SMILES string of the molecule is Cc1ccc(C(=O)CCN2CCC(c3nnc4ccccn34)CC2)cc1. The number of carbonyl (C=O) groups is 1. The molecule has 1 saturated heterocycles. The van der Waals surface area contributed by atoms with Crippen LogP contribution in [0.3, 0.4) is 0 Å². The van der Waals surface area contributed by atoms with Crippen LogP contribution in [0.25, 0.3) is 5.65 Å². The fraction of sp³-hybridized carbons (Fsp3) is 0.381. The van der Waals surface area contributed by atoms with Gasteiger partial charge in [-0.1, -0.05) is 35.9 Å². The first-order valence-corrected chi connectivity index (χ1v) is 9.32. The van der Waals surface area contributed by atoms with Crippen LogP contribution >= 0.6 is 0 Å². The van der Waals surface area contributed by atoms with Gasteiger partial charge in [0.05, 0.1) is 0 Å². The molecule has 5 heteroatoms. The Morgan fingerprint density at radius 1 is 1.08 bits per heavy atom. The molecule has 1 aromatic carbocycles. The number of hydrogen-bond donors (Lipinski definition) is 0. The first kappa shape index (κ1) is 16.9. The number of rotatable bonds is 5. The van der Waals surface area contributed by atoms with Crippen LogP contribution in [0, 0.1) is 6.92 Å². The summed E-state index contributed by atoms with van der Waals surface area (Å²) in [5, 5.41) is 8.67. The van der Waals surface area contributed by atoms with E-state index in [2.05, 4.69) is 19.5 Å². The molecule has 5 nitrogen and oxygen atoms in total. The summed E-state index contributed by atoms with van der Waals surface area (Å²) in [5.74, 6) is 1.74. The summed E-state index contributed by atoms with van der Waals surface area (Å²) in [5.41, 5.74) is 2.92. The van der Waals surface area contributed by atoms with Crippen molar-refractivity contribution in [3.63, 3.8) is 0 Å². The Labute approximate surface area is 153 Å². The summed E-state index contributed by atoms with van der Waals surface area (Å²) in [6.45, 7) is 4.89. The Bertz CT molecular complexity index is 892. The fourth-order valence-electron chi connectivity index (χ4n) is 3.70. The number of Topliss-reactive ketones (excluding diaryl/α,β-unsaturated/α-hetero) is 1. The molecule has 3 heterocycles. The molecule has 0 spiro atoms. The predicted octanol–water partition coefficient (Wildman–Crippen LogP) is 3.49. The van der Waals surface area contributed by atoms with Crippen molar-refractivity contribution in [3.8, 4) is 0 Å². The van der Waals surface area contributed by atoms with E-state index in [0.717, 1.165) is 49.5 Å². The molecule has 0 unspecified atom stereocenters. The van der Waals surface area contributed by atoms with Gasteiger partial charge in [0, 0.05) is 30.6 Å². The Balaban J connectivity index is 1.31. The number of likely N-dealkylation sites (tertiary alicyclic amines) is 1. The number of carbonyl (C=O) groups excluding carboxylic acids is 1. The third-order valence-corrected chi connectivity index (χ3v) is 5.32. The van der Waals surface area contributed by atoms with Crippen molar-refractivity contribution < 1.29 is 4.79 Å². The van der Waals surface area contributed by atoms with Crippen molar-refractivity contribution in [2.45, 2.75) is 32.1 Å². The number of nitrogens with zero attached hydrogens (tertiary/aromatic N) is 4. The maximum Gasteiger partial charge on any atom is 0.164 e. The topological polar surface area (TPSA) is 50.5 Å². The zero-order valence-electron chi connectivity index (χ0n) is 15.1. The fourth-order valence-corrected chi connectivity index (χ4v) is 3.70. The largest absolute Gasteiger partial charge is 0.303 e. The van der Waals surface area contributed by atoms with Crippen LogP contribution in [-0.2, 0) is 0 Å². The maximum absolute atomic E-state index is 12.3. The average Bonchev–Trinajstić information content (AvgIpc) is 3.11. The van der Waals surface area contributed by atoms with E-state index >= 15 is 0 Å². The lowest BCUT2D eigenvalue weighted by Crippen LogP contribution is -2.35. The number of ketones is 1. The van der Waals surface area contributed by atoms with Crippen molar-refractivity contribution in [1.29, 1.82) is 0 Å². The molecule has 0 amide bonds. The summed E-state index contributed by atoms with van der Waals surface area (Å²) in [7, 11) is 0. The summed E-state index contributed by atoms with van der Waals surface area (Å²) >= 11 is 0. The van der Waals surface area contributed by atoms with Crippen molar-refractivity contribution >= 4 is 11.4 Å². The summed E-state index contributed by atoms with van der Waals surface area (Å²) in [6.07, 6.45) is 4.75. The molecule has 1 fully saturated rings. The molecular weight excluding hydrogens is 324 g/mol. The Morgan fingerprint density at radius 3 is 2.62 bits per heavy atom. The van der Waals surface area contributed by atoms with E-state index in [4.69, 9.17) is 0 Å². The lowest BCUT2D eigenvalue weighted by Gasteiger charge is -2.30. The van der Waals surface area contributed by atoms with Gasteiger partial charge >= 0.3 is 0 Å². The molecule has 134 valence electrons. The molecule has 4 rings (SSSR count). The van der Waals surface area contributed by atoms with Gasteiger partial charge < -0.3 is 4.90 Å². The molecule has 0 N–H and O–H groups in total. The van der Waals surface area contributed by atoms with Crippen LogP contribution in [0.4, 0.5) is 0 Å². The highest BCUT2D eigenvalue weighted by molar-refractivity contribution is 5.96. The first-order valence-electron chi connectivity index (χ1n) is 9.32. The third kappa shape index (κ3) is 3.53. The van der Waals surface area contributed by atoms with Crippen LogP contribution in [-0.4, -0.2) is 44.9 Å². The Kier molecular flexibility index (Phi) is 4.80. The minimum Gasteiger partial charge on any atom is -0.303 e. The first-order chi connectivity index (χ1) is 12.7. The van der Waals surface area contributed by atoms with E-state index in [1.807, 2.05) is 55.6 Å². The molecule has 2 aromatic heterocycles. The Hall–Kier alpha value is -2.53. The van der Waals surface area contributed by atoms with E-state index in [-0.39, 0.29) is 5.78 Å². The van der Waals surface area contributed by atoms with Gasteiger partial charge in [0.25, 0.3) is 0 Å². The molecule has 0 saturated carbocycles. The highest BCUT2D eigenvalue weighted by Crippen LogP contribution is 2.27. The van der Waals surface area contributed by atoms with Crippen molar-refractivity contribution in [2.75, 3.05) is 19.6 Å². The van der Waals surface area contributed by atoms with Crippen molar-refractivity contribution in [1.82, 2.24) is 19.5 Å². The van der Waals surface area contributed by atoms with Crippen LogP contribution in [0.2, 0.25) is 0 Å². The van der Waals surface area contributed by atoms with Gasteiger partial charge in [0.1, 0.15) is 5.82 Å². The quantitative estimate of drug-likeness (QED) is 0.662. The zero-order chi connectivity index (χ0) is 17.9. The number of aromatic nitrogens is 3. The smallest absolute Gasteiger partial charge is 0.164 e. The number of benzene rings is 1. The molecule has 3 aromatic rings. The van der Waals surface area contributed by atoms with Gasteiger partial charge in [-0.25, -0.2) is 0 Å². The highest BCUT2D eigenvalue weighted by Gasteiger charge is 2.24. The van der Waals surface area contributed by atoms with Gasteiger partial charge in [-0.05, 0) is 45.0 Å². The maximum atomic E-state index is 12.3. The molecule has 26 heavy (non-hydrogen) atoms. The molecular formula is C21H24N4O. The molecule has 0 atom stereocenters. The summed E-state index contributed by atoms with van der Waals surface area (Å²) in [6, 6.07) is 13.9. The molecule has 0 radical (unpaired) electrons. The van der Waals surface area contributed by atoms with E-state index < -0.39 is 0 Å². The second-order valence-corrected chi connectivity index (χ2v) is 7.14. The summed E-state index contributed by atoms with van der Waals surface area (Å²) in [4.78, 5) is 14.7. The number of aryl methyl sites for hydroxylation is 1. The minimum absolute atomic E-state index is 0.232. The van der Waals surface area contributed by atoms with E-state index in [1.165, 1.54) is 5.56 Å². The van der Waals surface area contributed by atoms with Gasteiger partial charge in [0.2, 0.25) is 0 Å². The highest BCUT2D eigenvalue weighted by atomic mass is 16.1. The number of piperidine rings is 1. The Morgan fingerprint density at radius 2 is 1.85 bits per heavy atom. The molecule has 0 bridgehead atoms. The van der Waals surface area contributed by atoms with E-state index in [9.17, 15) is 4.79 Å². The van der Waals surface area contributed by atoms with Crippen molar-refractivity contribution in [3.05, 3.63) is 65.6 Å². The van der Waals surface area contributed by atoms with Crippen LogP contribution in [0.5, 0.6) is 0 Å². The molecule has 0 aliphatic carbocycles. The van der Waals surface area contributed by atoms with Crippen molar-refractivity contribution in [2.24, 2.45) is 0 Å². The lowest BCUT2D eigenvalue weighted by molar-refractivity contribution is 0.0956. The molecule has 1 aliphatic heterocycles. The summed E-state index contributed by atoms with van der Waals surface area (Å²) < 4.78 is 2.10. The second kappa shape index (κ2) is 7.38. The van der Waals surface area contributed by atoms with Gasteiger partial charge in [-0.15, -0.1) is 10.2 Å². The number of pyridine rings is 1. The van der Waals surface area contributed by atoms with Gasteiger partial charge in [-0.2, -0.15) is 0 Å². The second-order valence-electron chi connectivity index (χ2n) is 7.14. The average molecular weight is 348 g/mol.